The maximum atomic E-state index is 10.0. The smallest absolute Gasteiger partial charge is 0.133 e. The van der Waals surface area contributed by atoms with Gasteiger partial charge in [0.1, 0.15) is 11.5 Å². The van der Waals surface area contributed by atoms with Crippen LogP contribution in [0.4, 0.5) is 0 Å². The Hall–Kier alpha value is -1.80. The van der Waals surface area contributed by atoms with Gasteiger partial charge in [0.05, 0.1) is 6.10 Å². The Morgan fingerprint density at radius 1 is 1.05 bits per heavy atom. The van der Waals surface area contributed by atoms with E-state index in [9.17, 15) is 5.11 Å². The number of hydrogen-bond acceptors (Lipinski definition) is 2. The summed E-state index contributed by atoms with van der Waals surface area (Å²) in [6.45, 7) is 6.05. The van der Waals surface area contributed by atoms with Crippen molar-refractivity contribution in [3.8, 4) is 11.5 Å². The molecule has 1 unspecified atom stereocenters. The second-order valence-electron chi connectivity index (χ2n) is 4.83. The predicted molar refractivity (Wildman–Crippen MR) is 77.7 cm³/mol. The van der Waals surface area contributed by atoms with Crippen LogP contribution in [0.25, 0.3) is 0 Å². The summed E-state index contributed by atoms with van der Waals surface area (Å²) in [5, 5.41) is 10.0. The Kier molecular flexibility index (Phi) is 4.23. The van der Waals surface area contributed by atoms with Crippen LogP contribution in [0.5, 0.6) is 11.5 Å². The molecule has 0 spiro atoms. The zero-order valence-electron chi connectivity index (χ0n) is 11.7. The molecule has 0 saturated carbocycles. The Labute approximate surface area is 114 Å². The van der Waals surface area contributed by atoms with Gasteiger partial charge in [-0.3, -0.25) is 0 Å². The summed E-state index contributed by atoms with van der Waals surface area (Å²) in [5.41, 5.74) is 3.15. The molecule has 0 aliphatic heterocycles. The quantitative estimate of drug-likeness (QED) is 0.870. The van der Waals surface area contributed by atoms with E-state index in [0.717, 1.165) is 22.6 Å². The van der Waals surface area contributed by atoms with Gasteiger partial charge in [-0.25, -0.2) is 0 Å². The first kappa shape index (κ1) is 13.6. The topological polar surface area (TPSA) is 29.5 Å². The maximum Gasteiger partial charge on any atom is 0.133 e. The molecule has 1 atom stereocenters. The third-order valence-corrected chi connectivity index (χ3v) is 3.22. The van der Waals surface area contributed by atoms with Gasteiger partial charge in [0.15, 0.2) is 0 Å². The standard InChI is InChI=1S/C17H20O2/c1-4-15(18)14-7-5-6-8-17(14)19-16-10-9-12(2)11-13(16)3/h5-11,15,18H,4H2,1-3H3. The molecular formula is C17H20O2. The van der Waals surface area contributed by atoms with Crippen molar-refractivity contribution in [3.63, 3.8) is 0 Å². The Bertz CT molecular complexity index is 561. The average Bonchev–Trinajstić information content (AvgIpc) is 2.41. The summed E-state index contributed by atoms with van der Waals surface area (Å²) >= 11 is 0. The first-order valence-corrected chi connectivity index (χ1v) is 6.64. The van der Waals surface area contributed by atoms with Crippen molar-refractivity contribution in [3.05, 3.63) is 59.2 Å². The van der Waals surface area contributed by atoms with E-state index in [1.165, 1.54) is 5.56 Å². The number of hydrogen-bond donors (Lipinski definition) is 1. The summed E-state index contributed by atoms with van der Waals surface area (Å²) in [7, 11) is 0. The lowest BCUT2D eigenvalue weighted by Gasteiger charge is -2.16. The van der Waals surface area contributed by atoms with Crippen molar-refractivity contribution in [2.24, 2.45) is 0 Å². The van der Waals surface area contributed by atoms with Crippen LogP contribution in [0.2, 0.25) is 0 Å². The van der Waals surface area contributed by atoms with Gasteiger partial charge >= 0.3 is 0 Å². The lowest BCUT2D eigenvalue weighted by atomic mass is 10.1. The summed E-state index contributed by atoms with van der Waals surface area (Å²) < 4.78 is 5.96. The van der Waals surface area contributed by atoms with Crippen molar-refractivity contribution in [2.45, 2.75) is 33.3 Å². The van der Waals surface area contributed by atoms with Gasteiger partial charge < -0.3 is 9.84 Å². The Morgan fingerprint density at radius 3 is 2.47 bits per heavy atom. The van der Waals surface area contributed by atoms with E-state index in [-0.39, 0.29) is 0 Å². The van der Waals surface area contributed by atoms with E-state index in [4.69, 9.17) is 4.74 Å². The van der Waals surface area contributed by atoms with Crippen molar-refractivity contribution in [1.82, 2.24) is 0 Å². The van der Waals surface area contributed by atoms with E-state index in [1.807, 2.05) is 50.2 Å². The molecular weight excluding hydrogens is 236 g/mol. The Balaban J connectivity index is 2.33. The van der Waals surface area contributed by atoms with E-state index < -0.39 is 6.10 Å². The molecule has 0 aliphatic carbocycles. The molecule has 2 nitrogen and oxygen atoms in total. The molecule has 1 N–H and O–H groups in total. The van der Waals surface area contributed by atoms with Gasteiger partial charge in [0.25, 0.3) is 0 Å². The van der Waals surface area contributed by atoms with Crippen molar-refractivity contribution < 1.29 is 9.84 Å². The van der Waals surface area contributed by atoms with Gasteiger partial charge in [-0.1, -0.05) is 42.8 Å². The number of rotatable bonds is 4. The molecule has 0 bridgehead atoms. The predicted octanol–water partition coefficient (Wildman–Crippen LogP) is 4.54. The minimum atomic E-state index is -0.484. The fourth-order valence-electron chi connectivity index (χ4n) is 2.10. The van der Waals surface area contributed by atoms with E-state index in [1.54, 1.807) is 0 Å². The molecule has 0 amide bonds. The molecule has 19 heavy (non-hydrogen) atoms. The van der Waals surface area contributed by atoms with Gasteiger partial charge in [0.2, 0.25) is 0 Å². The largest absolute Gasteiger partial charge is 0.457 e. The minimum Gasteiger partial charge on any atom is -0.457 e. The van der Waals surface area contributed by atoms with Crippen LogP contribution in [-0.2, 0) is 0 Å². The molecule has 100 valence electrons. The average molecular weight is 256 g/mol. The first-order valence-electron chi connectivity index (χ1n) is 6.64. The highest BCUT2D eigenvalue weighted by Gasteiger charge is 2.12. The number of aliphatic hydroxyl groups is 1. The highest BCUT2D eigenvalue weighted by Crippen LogP contribution is 2.32. The Morgan fingerprint density at radius 2 is 1.79 bits per heavy atom. The van der Waals surface area contributed by atoms with Gasteiger partial charge in [0, 0.05) is 5.56 Å². The highest BCUT2D eigenvalue weighted by atomic mass is 16.5. The SMILES string of the molecule is CCC(O)c1ccccc1Oc1ccc(C)cc1C. The van der Waals surface area contributed by atoms with Crippen LogP contribution in [0.1, 0.15) is 36.1 Å². The van der Waals surface area contributed by atoms with Gasteiger partial charge in [-0.15, -0.1) is 0 Å². The molecule has 2 aromatic rings. The molecule has 2 heteroatoms. The first-order chi connectivity index (χ1) is 9.11. The number of aryl methyl sites for hydroxylation is 2. The molecule has 0 radical (unpaired) electrons. The van der Waals surface area contributed by atoms with E-state index in [2.05, 4.69) is 13.0 Å². The molecule has 0 saturated heterocycles. The maximum absolute atomic E-state index is 10.0. The lowest BCUT2D eigenvalue weighted by Crippen LogP contribution is -1.99. The fourth-order valence-corrected chi connectivity index (χ4v) is 2.10. The van der Waals surface area contributed by atoms with Crippen LogP contribution in [0, 0.1) is 13.8 Å². The summed E-state index contributed by atoms with van der Waals surface area (Å²) in [5.74, 6) is 1.56. The lowest BCUT2D eigenvalue weighted by molar-refractivity contribution is 0.170. The highest BCUT2D eigenvalue weighted by molar-refractivity contribution is 5.42. The van der Waals surface area contributed by atoms with Crippen LogP contribution in [0.15, 0.2) is 42.5 Å². The van der Waals surface area contributed by atoms with Crippen LogP contribution in [-0.4, -0.2) is 5.11 Å². The monoisotopic (exact) mass is 256 g/mol. The number of benzene rings is 2. The van der Waals surface area contributed by atoms with Crippen LogP contribution >= 0.6 is 0 Å². The van der Waals surface area contributed by atoms with Crippen LogP contribution < -0.4 is 4.74 Å². The number of ether oxygens (including phenoxy) is 1. The zero-order valence-corrected chi connectivity index (χ0v) is 11.7. The number of para-hydroxylation sites is 1. The van der Waals surface area contributed by atoms with Crippen molar-refractivity contribution >= 4 is 0 Å². The summed E-state index contributed by atoms with van der Waals surface area (Å²) in [6, 6.07) is 13.7. The summed E-state index contributed by atoms with van der Waals surface area (Å²) in [6.07, 6.45) is 0.190. The second kappa shape index (κ2) is 5.89. The number of aliphatic hydroxyl groups excluding tert-OH is 1. The zero-order chi connectivity index (χ0) is 13.8. The van der Waals surface area contributed by atoms with E-state index in [0.29, 0.717) is 6.42 Å². The molecule has 0 aromatic heterocycles. The molecule has 0 aliphatic rings. The fraction of sp³-hybridized carbons (Fsp3) is 0.294. The van der Waals surface area contributed by atoms with Gasteiger partial charge in [-0.05, 0) is 38.0 Å². The third kappa shape index (κ3) is 3.15. The van der Waals surface area contributed by atoms with Crippen molar-refractivity contribution in [2.75, 3.05) is 0 Å². The molecule has 0 fully saturated rings. The molecule has 2 rings (SSSR count). The third-order valence-electron chi connectivity index (χ3n) is 3.22. The molecule has 0 heterocycles. The van der Waals surface area contributed by atoms with E-state index >= 15 is 0 Å². The van der Waals surface area contributed by atoms with Gasteiger partial charge in [-0.2, -0.15) is 0 Å². The van der Waals surface area contributed by atoms with Crippen molar-refractivity contribution in [1.29, 1.82) is 0 Å². The second-order valence-corrected chi connectivity index (χ2v) is 4.83. The molecule has 2 aromatic carbocycles. The van der Waals surface area contributed by atoms with Crippen LogP contribution in [0.3, 0.4) is 0 Å². The summed E-state index contributed by atoms with van der Waals surface area (Å²) in [4.78, 5) is 0. The normalized spacial score (nSPS) is 12.2. The minimum absolute atomic E-state index is 0.484.